The Morgan fingerprint density at radius 1 is 0.957 bits per heavy atom. The summed E-state index contributed by atoms with van der Waals surface area (Å²) in [6.07, 6.45) is 1.79. The minimum absolute atomic E-state index is 0.0381. The number of Topliss-reactive ketones (excluding diaryl/α,β-unsaturated/α-hetero) is 1. The average molecular weight is 310 g/mol. The zero-order valence-electron chi connectivity index (χ0n) is 11.8. The van der Waals surface area contributed by atoms with Crippen molar-refractivity contribution in [3.63, 3.8) is 0 Å². The van der Waals surface area contributed by atoms with Gasteiger partial charge in [-0.2, -0.15) is 0 Å². The zero-order valence-corrected chi connectivity index (χ0v) is 11.8. The van der Waals surface area contributed by atoms with Gasteiger partial charge in [0, 0.05) is 41.3 Å². The number of nitro benzene ring substituents is 2. The first-order valence-electron chi connectivity index (χ1n) is 6.73. The Kier molecular flexibility index (Phi) is 3.46. The van der Waals surface area contributed by atoms with Gasteiger partial charge in [-0.1, -0.05) is 12.1 Å². The van der Waals surface area contributed by atoms with Crippen molar-refractivity contribution in [2.24, 2.45) is 0 Å². The quantitative estimate of drug-likeness (QED) is 0.491. The van der Waals surface area contributed by atoms with Crippen molar-refractivity contribution >= 4 is 23.2 Å². The van der Waals surface area contributed by atoms with E-state index in [1.807, 2.05) is 0 Å². The summed E-state index contributed by atoms with van der Waals surface area (Å²) in [6, 6.07) is 10.2. The van der Waals surface area contributed by atoms with Gasteiger partial charge in [-0.25, -0.2) is 0 Å². The van der Waals surface area contributed by atoms with Gasteiger partial charge in [0.25, 0.3) is 11.4 Å². The Morgan fingerprint density at radius 2 is 1.65 bits per heavy atom. The fraction of sp³-hybridized carbons (Fsp3) is 0.0625. The highest BCUT2D eigenvalue weighted by atomic mass is 16.6. The molecule has 0 radical (unpaired) electrons. The fourth-order valence-electron chi connectivity index (χ4n) is 2.60. The second-order valence-electron chi connectivity index (χ2n) is 5.08. The first kappa shape index (κ1) is 14.6. The molecule has 0 fully saturated rings. The molecule has 2 aromatic carbocycles. The van der Waals surface area contributed by atoms with E-state index in [0.29, 0.717) is 22.3 Å². The summed E-state index contributed by atoms with van der Waals surface area (Å²) < 4.78 is 0. The van der Waals surface area contributed by atoms with Crippen molar-refractivity contribution in [2.45, 2.75) is 6.42 Å². The predicted octanol–water partition coefficient (Wildman–Crippen LogP) is 3.33. The standard InChI is InChI=1S/C16H10N2O5/c19-16-11(8-10-4-6-12(7-5-10)17(20)21)9-14-13(16)2-1-3-15(14)18(22)23/h1-8H,9H2/b11-8+. The van der Waals surface area contributed by atoms with Crippen LogP contribution in [-0.2, 0) is 6.42 Å². The van der Waals surface area contributed by atoms with Crippen molar-refractivity contribution in [1.82, 2.24) is 0 Å². The first-order valence-corrected chi connectivity index (χ1v) is 6.73. The molecule has 0 spiro atoms. The topological polar surface area (TPSA) is 103 Å². The van der Waals surface area contributed by atoms with Crippen molar-refractivity contribution in [3.8, 4) is 0 Å². The first-order chi connectivity index (χ1) is 11.0. The molecule has 2 aromatic rings. The molecule has 0 aliphatic heterocycles. The third kappa shape index (κ3) is 2.59. The minimum Gasteiger partial charge on any atom is -0.289 e. The highest BCUT2D eigenvalue weighted by Gasteiger charge is 2.30. The largest absolute Gasteiger partial charge is 0.289 e. The molecule has 0 aromatic heterocycles. The number of ketones is 1. The Morgan fingerprint density at radius 3 is 2.26 bits per heavy atom. The van der Waals surface area contributed by atoms with Gasteiger partial charge < -0.3 is 0 Å². The summed E-state index contributed by atoms with van der Waals surface area (Å²) in [5.41, 5.74) is 1.72. The third-order valence-corrected chi connectivity index (χ3v) is 3.70. The molecule has 1 aliphatic rings. The lowest BCUT2D eigenvalue weighted by atomic mass is 10.1. The monoisotopic (exact) mass is 310 g/mol. The maximum atomic E-state index is 12.4. The van der Waals surface area contributed by atoms with Crippen LogP contribution in [0.4, 0.5) is 11.4 Å². The summed E-state index contributed by atoms with van der Waals surface area (Å²) in [5.74, 6) is -0.248. The molecular weight excluding hydrogens is 300 g/mol. The normalized spacial score (nSPS) is 14.8. The summed E-state index contributed by atoms with van der Waals surface area (Å²) in [5, 5.41) is 21.7. The number of fused-ring (bicyclic) bond motifs is 1. The molecule has 0 bridgehead atoms. The molecule has 0 amide bonds. The highest BCUT2D eigenvalue weighted by Crippen LogP contribution is 2.34. The van der Waals surface area contributed by atoms with Gasteiger partial charge in [0.05, 0.1) is 9.85 Å². The van der Waals surface area contributed by atoms with Crippen LogP contribution in [0.1, 0.15) is 21.5 Å². The van der Waals surface area contributed by atoms with E-state index in [1.165, 1.54) is 36.4 Å². The van der Waals surface area contributed by atoms with Crippen LogP contribution in [0.3, 0.4) is 0 Å². The molecule has 0 N–H and O–H groups in total. The van der Waals surface area contributed by atoms with Crippen molar-refractivity contribution in [3.05, 3.63) is 85.0 Å². The average Bonchev–Trinajstić information content (AvgIpc) is 2.84. The van der Waals surface area contributed by atoms with E-state index < -0.39 is 9.85 Å². The van der Waals surface area contributed by atoms with Crippen LogP contribution >= 0.6 is 0 Å². The maximum absolute atomic E-state index is 12.4. The fourth-order valence-corrected chi connectivity index (χ4v) is 2.60. The Balaban J connectivity index is 1.97. The van der Waals surface area contributed by atoms with Crippen molar-refractivity contribution < 1.29 is 14.6 Å². The number of rotatable bonds is 3. The number of non-ortho nitro benzene ring substituents is 1. The van der Waals surface area contributed by atoms with Crippen molar-refractivity contribution in [1.29, 1.82) is 0 Å². The molecule has 0 heterocycles. The van der Waals surface area contributed by atoms with Gasteiger partial charge in [0.1, 0.15) is 0 Å². The molecule has 1 aliphatic carbocycles. The van der Waals surface area contributed by atoms with Crippen LogP contribution in [0.25, 0.3) is 6.08 Å². The second kappa shape index (κ2) is 5.45. The van der Waals surface area contributed by atoms with Crippen LogP contribution < -0.4 is 0 Å². The van der Waals surface area contributed by atoms with E-state index in [1.54, 1.807) is 12.1 Å². The van der Waals surface area contributed by atoms with E-state index in [9.17, 15) is 25.0 Å². The number of allylic oxidation sites excluding steroid dienone is 1. The second-order valence-corrected chi connectivity index (χ2v) is 5.08. The maximum Gasteiger partial charge on any atom is 0.273 e. The predicted molar refractivity (Wildman–Crippen MR) is 82.2 cm³/mol. The van der Waals surface area contributed by atoms with E-state index in [2.05, 4.69) is 0 Å². The Hall–Kier alpha value is -3.35. The Bertz CT molecular complexity index is 869. The number of nitrogens with zero attached hydrogens (tertiary/aromatic N) is 2. The molecule has 0 atom stereocenters. The minimum atomic E-state index is -0.503. The van der Waals surface area contributed by atoms with Gasteiger partial charge in [0.2, 0.25) is 0 Å². The van der Waals surface area contributed by atoms with Gasteiger partial charge >= 0.3 is 0 Å². The SMILES string of the molecule is O=C1/C(=C/c2ccc([N+](=O)[O-])cc2)Cc2c1cccc2[N+](=O)[O-]. The molecule has 7 nitrogen and oxygen atoms in total. The highest BCUT2D eigenvalue weighted by molar-refractivity contribution is 6.16. The number of hydrogen-bond acceptors (Lipinski definition) is 5. The van der Waals surface area contributed by atoms with E-state index in [0.717, 1.165) is 0 Å². The smallest absolute Gasteiger partial charge is 0.273 e. The molecule has 7 heteroatoms. The van der Waals surface area contributed by atoms with Gasteiger partial charge in [-0.15, -0.1) is 0 Å². The zero-order chi connectivity index (χ0) is 16.6. The van der Waals surface area contributed by atoms with Crippen LogP contribution in [0.15, 0.2) is 48.0 Å². The molecule has 114 valence electrons. The number of nitro groups is 2. The lowest BCUT2D eigenvalue weighted by Gasteiger charge is -1.97. The summed E-state index contributed by atoms with van der Waals surface area (Å²) in [4.78, 5) is 33.0. The molecule has 3 rings (SSSR count). The van der Waals surface area contributed by atoms with Gasteiger partial charge in [0.15, 0.2) is 5.78 Å². The molecule has 0 unspecified atom stereocenters. The van der Waals surface area contributed by atoms with Crippen LogP contribution in [0, 0.1) is 20.2 Å². The van der Waals surface area contributed by atoms with Crippen LogP contribution in [-0.4, -0.2) is 15.6 Å². The molecule has 0 saturated heterocycles. The van der Waals surface area contributed by atoms with Crippen LogP contribution in [0.5, 0.6) is 0 Å². The van der Waals surface area contributed by atoms with Crippen LogP contribution in [0.2, 0.25) is 0 Å². The number of hydrogen-bond donors (Lipinski definition) is 0. The molecule has 0 saturated carbocycles. The van der Waals surface area contributed by atoms with Gasteiger partial charge in [-0.05, 0) is 23.8 Å². The molecule has 23 heavy (non-hydrogen) atoms. The summed E-state index contributed by atoms with van der Waals surface area (Å²) in [6.45, 7) is 0. The van der Waals surface area contributed by atoms with E-state index in [-0.39, 0.29) is 23.6 Å². The van der Waals surface area contributed by atoms with E-state index >= 15 is 0 Å². The van der Waals surface area contributed by atoms with Crippen molar-refractivity contribution in [2.75, 3.05) is 0 Å². The lowest BCUT2D eigenvalue weighted by molar-refractivity contribution is -0.385. The molecular formula is C16H10N2O5. The number of carbonyl (C=O) groups excluding carboxylic acids is 1. The number of carbonyl (C=O) groups is 1. The number of benzene rings is 2. The summed E-state index contributed by atoms with van der Waals surface area (Å²) >= 11 is 0. The lowest BCUT2D eigenvalue weighted by Crippen LogP contribution is -1.96. The van der Waals surface area contributed by atoms with Gasteiger partial charge in [-0.3, -0.25) is 25.0 Å². The van der Waals surface area contributed by atoms with E-state index in [4.69, 9.17) is 0 Å². The Labute approximate surface area is 130 Å². The third-order valence-electron chi connectivity index (χ3n) is 3.70. The summed E-state index contributed by atoms with van der Waals surface area (Å²) in [7, 11) is 0.